The van der Waals surface area contributed by atoms with E-state index in [2.05, 4.69) is 41.8 Å². The van der Waals surface area contributed by atoms with Gasteiger partial charge in [-0.05, 0) is 38.1 Å². The first kappa shape index (κ1) is 14.6. The Morgan fingerprint density at radius 3 is 2.89 bits per heavy atom. The van der Waals surface area contributed by atoms with Crippen LogP contribution in [0.5, 0.6) is 0 Å². The average molecular weight is 263 g/mol. The third-order valence-electron chi connectivity index (χ3n) is 4.65. The highest BCUT2D eigenvalue weighted by molar-refractivity contribution is 4.98. The molecule has 1 aromatic heterocycles. The van der Waals surface area contributed by atoms with Gasteiger partial charge in [-0.1, -0.05) is 26.7 Å². The van der Waals surface area contributed by atoms with Gasteiger partial charge in [0.05, 0.1) is 0 Å². The molecule has 0 amide bonds. The van der Waals surface area contributed by atoms with E-state index in [0.29, 0.717) is 6.04 Å². The van der Waals surface area contributed by atoms with E-state index in [1.165, 1.54) is 31.5 Å². The van der Waals surface area contributed by atoms with Crippen molar-refractivity contribution in [2.75, 3.05) is 6.54 Å². The van der Waals surface area contributed by atoms with E-state index in [4.69, 9.17) is 0 Å². The number of nitrogens with zero attached hydrogens (tertiary/aromatic N) is 2. The molecular formula is C16H29N3. The molecule has 3 atom stereocenters. The lowest BCUT2D eigenvalue weighted by molar-refractivity contribution is 0.290. The fourth-order valence-corrected chi connectivity index (χ4v) is 3.49. The van der Waals surface area contributed by atoms with Crippen LogP contribution in [0, 0.1) is 11.8 Å². The second-order valence-electron chi connectivity index (χ2n) is 5.97. The largest absolute Gasteiger partial charge is 0.335 e. The molecule has 1 heterocycles. The Hall–Kier alpha value is -0.830. The summed E-state index contributed by atoms with van der Waals surface area (Å²) in [5, 5.41) is 3.78. The molecule has 1 aliphatic carbocycles. The molecule has 3 nitrogen and oxygen atoms in total. The summed E-state index contributed by atoms with van der Waals surface area (Å²) in [5.74, 6) is 2.93. The predicted molar refractivity (Wildman–Crippen MR) is 80.2 cm³/mol. The van der Waals surface area contributed by atoms with Crippen LogP contribution >= 0.6 is 0 Å². The summed E-state index contributed by atoms with van der Waals surface area (Å²) in [6.07, 6.45) is 10.5. The van der Waals surface area contributed by atoms with Gasteiger partial charge in [0.2, 0.25) is 0 Å². The second kappa shape index (κ2) is 7.09. The summed E-state index contributed by atoms with van der Waals surface area (Å²) in [5.41, 5.74) is 0. The van der Waals surface area contributed by atoms with Gasteiger partial charge in [-0.15, -0.1) is 0 Å². The number of aryl methyl sites for hydroxylation is 1. The number of hydrogen-bond donors (Lipinski definition) is 1. The summed E-state index contributed by atoms with van der Waals surface area (Å²) in [4.78, 5) is 4.55. The van der Waals surface area contributed by atoms with Crippen LogP contribution in [-0.4, -0.2) is 22.1 Å². The Morgan fingerprint density at radius 2 is 2.26 bits per heavy atom. The molecule has 0 saturated heterocycles. The molecule has 1 saturated carbocycles. The lowest BCUT2D eigenvalue weighted by Crippen LogP contribution is -2.40. The average Bonchev–Trinajstić information content (AvgIpc) is 3.03. The summed E-state index contributed by atoms with van der Waals surface area (Å²) in [6, 6.07) is 0.602. The van der Waals surface area contributed by atoms with Gasteiger partial charge in [-0.25, -0.2) is 4.98 Å². The van der Waals surface area contributed by atoms with E-state index in [0.717, 1.165) is 31.3 Å². The highest BCUT2D eigenvalue weighted by Crippen LogP contribution is 2.34. The van der Waals surface area contributed by atoms with Crippen molar-refractivity contribution in [2.24, 2.45) is 11.8 Å². The van der Waals surface area contributed by atoms with Crippen LogP contribution in [0.4, 0.5) is 0 Å². The molecule has 2 rings (SSSR count). The van der Waals surface area contributed by atoms with Crippen LogP contribution in [0.2, 0.25) is 0 Å². The van der Waals surface area contributed by atoms with Gasteiger partial charge in [-0.2, -0.15) is 0 Å². The van der Waals surface area contributed by atoms with Crippen molar-refractivity contribution in [1.29, 1.82) is 0 Å². The third-order valence-corrected chi connectivity index (χ3v) is 4.65. The first-order chi connectivity index (χ1) is 9.26. The summed E-state index contributed by atoms with van der Waals surface area (Å²) in [6.45, 7) is 9.01. The van der Waals surface area contributed by atoms with Crippen LogP contribution in [0.3, 0.4) is 0 Å². The molecule has 0 spiro atoms. The maximum atomic E-state index is 4.55. The van der Waals surface area contributed by atoms with E-state index >= 15 is 0 Å². The Kier molecular flexibility index (Phi) is 5.44. The van der Waals surface area contributed by atoms with Crippen molar-refractivity contribution < 1.29 is 0 Å². The minimum atomic E-state index is 0.602. The van der Waals surface area contributed by atoms with Gasteiger partial charge >= 0.3 is 0 Å². The fraction of sp³-hybridized carbons (Fsp3) is 0.812. The van der Waals surface area contributed by atoms with E-state index in [1.54, 1.807) is 0 Å². The number of imidazole rings is 1. The molecule has 0 radical (unpaired) electrons. The van der Waals surface area contributed by atoms with Crippen molar-refractivity contribution in [3.8, 4) is 0 Å². The second-order valence-corrected chi connectivity index (χ2v) is 5.97. The molecule has 3 heteroatoms. The summed E-state index contributed by atoms with van der Waals surface area (Å²) in [7, 11) is 0. The molecule has 1 aromatic rings. The van der Waals surface area contributed by atoms with Crippen molar-refractivity contribution >= 4 is 0 Å². The summed E-state index contributed by atoms with van der Waals surface area (Å²) >= 11 is 0. The van der Waals surface area contributed by atoms with Crippen LogP contribution in [0.1, 0.15) is 52.3 Å². The molecule has 1 fully saturated rings. The van der Waals surface area contributed by atoms with Crippen LogP contribution in [0.25, 0.3) is 0 Å². The first-order valence-corrected chi connectivity index (χ1v) is 7.99. The smallest absolute Gasteiger partial charge is 0.110 e. The maximum absolute atomic E-state index is 4.55. The quantitative estimate of drug-likeness (QED) is 0.818. The van der Waals surface area contributed by atoms with Crippen LogP contribution in [-0.2, 0) is 13.0 Å². The van der Waals surface area contributed by atoms with E-state index in [9.17, 15) is 0 Å². The highest BCUT2D eigenvalue weighted by Gasteiger charge is 2.31. The number of aromatic nitrogens is 2. The minimum absolute atomic E-state index is 0.602. The Labute approximate surface area is 117 Å². The van der Waals surface area contributed by atoms with Crippen molar-refractivity contribution in [3.63, 3.8) is 0 Å². The number of hydrogen-bond acceptors (Lipinski definition) is 2. The molecule has 0 aliphatic heterocycles. The highest BCUT2D eigenvalue weighted by atomic mass is 15.1. The third kappa shape index (κ3) is 3.59. The zero-order valence-electron chi connectivity index (χ0n) is 12.7. The van der Waals surface area contributed by atoms with E-state index in [1.807, 2.05) is 6.20 Å². The molecule has 0 bridgehead atoms. The zero-order valence-corrected chi connectivity index (χ0v) is 12.7. The van der Waals surface area contributed by atoms with Crippen LogP contribution in [0.15, 0.2) is 12.4 Å². The lowest BCUT2D eigenvalue weighted by Gasteiger charge is -2.28. The van der Waals surface area contributed by atoms with Gasteiger partial charge in [0.15, 0.2) is 0 Å². The molecule has 19 heavy (non-hydrogen) atoms. The maximum Gasteiger partial charge on any atom is 0.110 e. The molecule has 1 N–H and O–H groups in total. The number of rotatable bonds is 7. The summed E-state index contributed by atoms with van der Waals surface area (Å²) < 4.78 is 2.28. The Balaban J connectivity index is 2.04. The zero-order chi connectivity index (χ0) is 13.7. The molecule has 1 aliphatic rings. The monoisotopic (exact) mass is 263 g/mol. The van der Waals surface area contributed by atoms with Crippen LogP contribution < -0.4 is 5.32 Å². The van der Waals surface area contributed by atoms with Gasteiger partial charge < -0.3 is 9.88 Å². The van der Waals surface area contributed by atoms with Crippen molar-refractivity contribution in [3.05, 3.63) is 18.2 Å². The molecular weight excluding hydrogens is 234 g/mol. The normalized spacial score (nSPS) is 24.8. The van der Waals surface area contributed by atoms with Crippen molar-refractivity contribution in [2.45, 2.75) is 65.5 Å². The van der Waals surface area contributed by atoms with E-state index in [-0.39, 0.29) is 0 Å². The predicted octanol–water partition coefficient (Wildman–Crippen LogP) is 3.25. The minimum Gasteiger partial charge on any atom is -0.335 e. The van der Waals surface area contributed by atoms with Gasteiger partial charge in [0, 0.05) is 31.4 Å². The topological polar surface area (TPSA) is 29.9 Å². The van der Waals surface area contributed by atoms with Gasteiger partial charge in [0.25, 0.3) is 0 Å². The fourth-order valence-electron chi connectivity index (χ4n) is 3.49. The van der Waals surface area contributed by atoms with Crippen molar-refractivity contribution in [1.82, 2.24) is 14.9 Å². The molecule has 3 unspecified atom stereocenters. The Morgan fingerprint density at radius 1 is 1.42 bits per heavy atom. The Bertz CT molecular complexity index is 372. The molecule has 0 aromatic carbocycles. The number of nitrogens with one attached hydrogen (secondary N) is 1. The first-order valence-electron chi connectivity index (χ1n) is 7.99. The van der Waals surface area contributed by atoms with Gasteiger partial charge in [0.1, 0.15) is 5.82 Å². The van der Waals surface area contributed by atoms with Gasteiger partial charge in [-0.3, -0.25) is 0 Å². The lowest BCUT2D eigenvalue weighted by atomic mass is 9.88. The SMILES string of the molecule is CCCNC(Cc1nccn1CC)C1CCCC1C. The van der Waals surface area contributed by atoms with E-state index < -0.39 is 0 Å². The molecule has 108 valence electrons. The standard InChI is InChI=1S/C16H29N3/c1-4-9-17-15(14-8-6-7-13(14)3)12-16-18-10-11-19(16)5-2/h10-11,13-15,17H,4-9,12H2,1-3H3.